The molecule has 1 fully saturated rings. The van der Waals surface area contributed by atoms with E-state index in [0.717, 1.165) is 31.9 Å². The summed E-state index contributed by atoms with van der Waals surface area (Å²) in [4.78, 5) is 6.66. The Labute approximate surface area is 117 Å². The van der Waals surface area contributed by atoms with Gasteiger partial charge in [0.05, 0.1) is 16.7 Å². The summed E-state index contributed by atoms with van der Waals surface area (Å²) in [7, 11) is 3.53. The lowest BCUT2D eigenvalue weighted by Gasteiger charge is -2.20. The molecule has 100 valence electrons. The number of hydrogen-bond acceptors (Lipinski definition) is 4. The van der Waals surface area contributed by atoms with Gasteiger partial charge in [-0.1, -0.05) is 23.2 Å². The Bertz CT molecular complexity index is 428. The fourth-order valence-corrected chi connectivity index (χ4v) is 2.82. The van der Waals surface area contributed by atoms with Crippen molar-refractivity contribution in [2.75, 3.05) is 44.1 Å². The Balaban J connectivity index is 2.18. The molecule has 1 N–H and O–H groups in total. The van der Waals surface area contributed by atoms with E-state index in [1.807, 2.05) is 0 Å². The van der Waals surface area contributed by atoms with Crippen molar-refractivity contribution in [1.82, 2.24) is 4.98 Å². The van der Waals surface area contributed by atoms with Crippen LogP contribution in [0, 0.1) is 5.92 Å². The van der Waals surface area contributed by atoms with E-state index in [2.05, 4.69) is 15.2 Å². The van der Waals surface area contributed by atoms with Crippen LogP contribution in [-0.2, 0) is 4.74 Å². The first kappa shape index (κ1) is 13.7. The second kappa shape index (κ2) is 5.95. The van der Waals surface area contributed by atoms with Crippen LogP contribution in [-0.4, -0.2) is 38.8 Å². The van der Waals surface area contributed by atoms with Crippen LogP contribution in [0.1, 0.15) is 6.42 Å². The molecule has 1 aliphatic heterocycles. The van der Waals surface area contributed by atoms with Gasteiger partial charge in [0.2, 0.25) is 0 Å². The molecule has 1 atom stereocenters. The minimum absolute atomic E-state index is 0.541. The van der Waals surface area contributed by atoms with Crippen molar-refractivity contribution in [1.29, 1.82) is 0 Å². The third-order valence-electron chi connectivity index (χ3n) is 3.14. The van der Waals surface area contributed by atoms with Crippen molar-refractivity contribution < 1.29 is 4.74 Å². The van der Waals surface area contributed by atoms with Gasteiger partial charge in [-0.3, -0.25) is 0 Å². The lowest BCUT2D eigenvalue weighted by atomic mass is 10.1. The molecule has 0 spiro atoms. The molecule has 1 aliphatic rings. The Hall–Kier alpha value is -0.710. The maximum Gasteiger partial charge on any atom is 0.149 e. The molecule has 4 nitrogen and oxygen atoms in total. The van der Waals surface area contributed by atoms with Crippen LogP contribution >= 0.6 is 23.2 Å². The molecule has 1 unspecified atom stereocenters. The van der Waals surface area contributed by atoms with Crippen LogP contribution in [0.5, 0.6) is 0 Å². The number of hydrogen-bond donors (Lipinski definition) is 1. The van der Waals surface area contributed by atoms with Crippen LogP contribution in [0.25, 0.3) is 0 Å². The molecule has 1 saturated heterocycles. The van der Waals surface area contributed by atoms with Crippen LogP contribution in [0.2, 0.25) is 10.0 Å². The molecule has 0 aromatic carbocycles. The average molecular weight is 290 g/mol. The summed E-state index contributed by atoms with van der Waals surface area (Å²) < 4.78 is 5.19. The average Bonchev–Trinajstić information content (AvgIpc) is 2.78. The molecular weight excluding hydrogens is 273 g/mol. The molecule has 1 aromatic rings. The van der Waals surface area contributed by atoms with Crippen molar-refractivity contribution in [3.05, 3.63) is 16.1 Å². The molecule has 0 aliphatic carbocycles. The van der Waals surface area contributed by atoms with Gasteiger partial charge in [0, 0.05) is 33.2 Å². The third-order valence-corrected chi connectivity index (χ3v) is 3.70. The zero-order chi connectivity index (χ0) is 13.1. The molecule has 0 radical (unpaired) electrons. The highest BCUT2D eigenvalue weighted by atomic mass is 35.5. The lowest BCUT2D eigenvalue weighted by molar-refractivity contribution is 0.161. The zero-order valence-electron chi connectivity index (χ0n) is 10.5. The van der Waals surface area contributed by atoms with Crippen LogP contribution in [0.15, 0.2) is 6.07 Å². The second-order valence-electron chi connectivity index (χ2n) is 4.43. The molecule has 18 heavy (non-hydrogen) atoms. The number of anilines is 2. The third kappa shape index (κ3) is 2.82. The van der Waals surface area contributed by atoms with Crippen molar-refractivity contribution in [3.8, 4) is 0 Å². The Morgan fingerprint density at radius 3 is 2.94 bits per heavy atom. The van der Waals surface area contributed by atoms with Crippen LogP contribution < -0.4 is 10.2 Å². The fourth-order valence-electron chi connectivity index (χ4n) is 2.25. The van der Waals surface area contributed by atoms with Gasteiger partial charge in [-0.25, -0.2) is 4.98 Å². The van der Waals surface area contributed by atoms with Gasteiger partial charge < -0.3 is 15.0 Å². The predicted molar refractivity (Wildman–Crippen MR) is 76.0 cm³/mol. The fraction of sp³-hybridized carbons (Fsp3) is 0.583. The molecule has 6 heteroatoms. The maximum atomic E-state index is 6.22. The highest BCUT2D eigenvalue weighted by molar-refractivity contribution is 6.37. The van der Waals surface area contributed by atoms with Gasteiger partial charge in [0.25, 0.3) is 0 Å². The van der Waals surface area contributed by atoms with Gasteiger partial charge >= 0.3 is 0 Å². The van der Waals surface area contributed by atoms with E-state index in [-0.39, 0.29) is 0 Å². The molecule has 1 aromatic heterocycles. The summed E-state index contributed by atoms with van der Waals surface area (Å²) in [5.41, 5.74) is 0. The Morgan fingerprint density at radius 2 is 2.28 bits per heavy atom. The van der Waals surface area contributed by atoms with Gasteiger partial charge in [0.15, 0.2) is 0 Å². The number of ether oxygens (including phenoxy) is 1. The number of halogens is 2. The summed E-state index contributed by atoms with van der Waals surface area (Å²) >= 11 is 12.3. The highest BCUT2D eigenvalue weighted by Crippen LogP contribution is 2.33. The summed E-state index contributed by atoms with van der Waals surface area (Å²) in [6, 6.07) is 1.74. The van der Waals surface area contributed by atoms with Crippen LogP contribution in [0.3, 0.4) is 0 Å². The van der Waals surface area contributed by atoms with Crippen molar-refractivity contribution in [2.45, 2.75) is 6.42 Å². The number of methoxy groups -OCH3 is 1. The van der Waals surface area contributed by atoms with E-state index < -0.39 is 0 Å². The van der Waals surface area contributed by atoms with Crippen molar-refractivity contribution in [2.24, 2.45) is 5.92 Å². The van der Waals surface area contributed by atoms with Gasteiger partial charge in [-0.15, -0.1) is 0 Å². The minimum atomic E-state index is 0.541. The number of pyridine rings is 1. The van der Waals surface area contributed by atoms with E-state index >= 15 is 0 Å². The Morgan fingerprint density at radius 1 is 1.50 bits per heavy atom. The van der Waals surface area contributed by atoms with Crippen molar-refractivity contribution >= 4 is 34.8 Å². The van der Waals surface area contributed by atoms with E-state index in [0.29, 0.717) is 21.8 Å². The van der Waals surface area contributed by atoms with Gasteiger partial charge in [-0.05, 0) is 12.5 Å². The molecular formula is C12H17Cl2N3O. The van der Waals surface area contributed by atoms with E-state index in [1.165, 1.54) is 0 Å². The van der Waals surface area contributed by atoms with E-state index in [4.69, 9.17) is 27.9 Å². The first-order chi connectivity index (χ1) is 8.65. The molecule has 0 saturated carbocycles. The summed E-state index contributed by atoms with van der Waals surface area (Å²) in [5.74, 6) is 2.00. The normalized spacial score (nSPS) is 19.3. The largest absolute Gasteiger partial charge is 0.384 e. The summed E-state index contributed by atoms with van der Waals surface area (Å²) in [6.45, 7) is 2.65. The van der Waals surface area contributed by atoms with Crippen molar-refractivity contribution in [3.63, 3.8) is 0 Å². The number of nitrogens with zero attached hydrogens (tertiary/aromatic N) is 2. The zero-order valence-corrected chi connectivity index (χ0v) is 12.1. The molecule has 2 rings (SSSR count). The first-order valence-electron chi connectivity index (χ1n) is 5.93. The number of aromatic nitrogens is 1. The molecule has 2 heterocycles. The SMILES string of the molecule is CNc1nc(N2CCC(COC)C2)c(Cl)cc1Cl. The Kier molecular flexibility index (Phi) is 4.54. The summed E-state index contributed by atoms with van der Waals surface area (Å²) in [6.07, 6.45) is 1.10. The quantitative estimate of drug-likeness (QED) is 0.925. The minimum Gasteiger partial charge on any atom is -0.384 e. The molecule has 0 bridgehead atoms. The van der Waals surface area contributed by atoms with Gasteiger partial charge in [0.1, 0.15) is 11.6 Å². The first-order valence-corrected chi connectivity index (χ1v) is 6.69. The highest BCUT2D eigenvalue weighted by Gasteiger charge is 2.25. The standard InChI is InChI=1S/C12H17Cl2N3O/c1-15-11-9(13)5-10(14)12(16-11)17-4-3-8(6-17)7-18-2/h5,8H,3-4,6-7H2,1-2H3,(H,15,16). The van der Waals surface area contributed by atoms with E-state index in [9.17, 15) is 0 Å². The maximum absolute atomic E-state index is 6.22. The monoisotopic (exact) mass is 289 g/mol. The summed E-state index contributed by atoms with van der Waals surface area (Å²) in [5, 5.41) is 4.10. The van der Waals surface area contributed by atoms with E-state index in [1.54, 1.807) is 20.2 Å². The lowest BCUT2D eigenvalue weighted by Crippen LogP contribution is -2.22. The number of nitrogens with one attached hydrogen (secondary N) is 1. The van der Waals surface area contributed by atoms with Gasteiger partial charge in [-0.2, -0.15) is 0 Å². The topological polar surface area (TPSA) is 37.4 Å². The number of rotatable bonds is 4. The van der Waals surface area contributed by atoms with Crippen LogP contribution in [0.4, 0.5) is 11.6 Å². The molecule has 0 amide bonds. The smallest absolute Gasteiger partial charge is 0.149 e. The second-order valence-corrected chi connectivity index (χ2v) is 5.24. The predicted octanol–water partition coefficient (Wildman–Crippen LogP) is 2.90.